The monoisotopic (exact) mass is 623 g/mol. The third-order valence-electron chi connectivity index (χ3n) is 9.63. The molecule has 0 aliphatic rings. The highest BCUT2D eigenvalue weighted by atomic mass is 15.1. The van der Waals surface area contributed by atoms with Crippen LogP contribution in [0.5, 0.6) is 0 Å². The Morgan fingerprint density at radius 2 is 0.694 bits per heavy atom. The van der Waals surface area contributed by atoms with Crippen molar-refractivity contribution >= 4 is 49.4 Å². The van der Waals surface area contributed by atoms with E-state index in [0.717, 1.165) is 17.1 Å². The van der Waals surface area contributed by atoms with Crippen molar-refractivity contribution in [3.63, 3.8) is 0 Å². The van der Waals surface area contributed by atoms with E-state index >= 15 is 0 Å². The number of anilines is 3. The fourth-order valence-corrected chi connectivity index (χ4v) is 7.06. The Morgan fingerprint density at radius 1 is 0.224 bits per heavy atom. The average molecular weight is 624 g/mol. The van der Waals surface area contributed by atoms with Gasteiger partial charge in [0.15, 0.2) is 0 Å². The van der Waals surface area contributed by atoms with Gasteiger partial charge in [-0.2, -0.15) is 0 Å². The summed E-state index contributed by atoms with van der Waals surface area (Å²) < 4.78 is 0. The summed E-state index contributed by atoms with van der Waals surface area (Å²) in [6.45, 7) is 0. The second kappa shape index (κ2) is 12.3. The van der Waals surface area contributed by atoms with E-state index in [0.29, 0.717) is 0 Å². The molecule has 0 saturated carbocycles. The van der Waals surface area contributed by atoms with Gasteiger partial charge < -0.3 is 4.90 Å². The summed E-state index contributed by atoms with van der Waals surface area (Å²) in [6, 6.07) is 72.5. The molecule has 49 heavy (non-hydrogen) atoms. The van der Waals surface area contributed by atoms with E-state index in [9.17, 15) is 0 Å². The number of fused-ring (bicyclic) bond motifs is 4. The Hall–Kier alpha value is -6.44. The van der Waals surface area contributed by atoms with E-state index < -0.39 is 0 Å². The minimum Gasteiger partial charge on any atom is -0.310 e. The SMILES string of the molecule is c1ccc(-c2cccc(N(c3ccc(-c4ccc5ccccc5c4)cc3)c3ccc(-c4ccc5ccc6ccccc6c5c4)cc3)c2)cc1. The van der Waals surface area contributed by atoms with Crippen molar-refractivity contribution in [2.75, 3.05) is 4.90 Å². The van der Waals surface area contributed by atoms with Gasteiger partial charge in [-0.05, 0) is 114 Å². The molecule has 0 amide bonds. The van der Waals surface area contributed by atoms with Gasteiger partial charge in [-0.25, -0.2) is 0 Å². The Kier molecular flexibility index (Phi) is 7.22. The van der Waals surface area contributed by atoms with Gasteiger partial charge >= 0.3 is 0 Å². The number of benzene rings is 9. The highest BCUT2D eigenvalue weighted by Gasteiger charge is 2.15. The molecule has 0 N–H and O–H groups in total. The molecule has 0 spiro atoms. The fraction of sp³-hybridized carbons (Fsp3) is 0. The third-order valence-corrected chi connectivity index (χ3v) is 9.63. The van der Waals surface area contributed by atoms with Crippen LogP contribution in [0.1, 0.15) is 0 Å². The van der Waals surface area contributed by atoms with E-state index in [1.165, 1.54) is 65.7 Å². The van der Waals surface area contributed by atoms with Crippen LogP contribution in [-0.4, -0.2) is 0 Å². The smallest absolute Gasteiger partial charge is 0.0467 e. The van der Waals surface area contributed by atoms with Crippen LogP contribution in [-0.2, 0) is 0 Å². The third kappa shape index (κ3) is 5.52. The molecular formula is C48H33N. The lowest BCUT2D eigenvalue weighted by Gasteiger charge is -2.26. The molecule has 0 heterocycles. The number of nitrogens with zero attached hydrogens (tertiary/aromatic N) is 1. The van der Waals surface area contributed by atoms with Crippen molar-refractivity contribution in [2.24, 2.45) is 0 Å². The fourth-order valence-electron chi connectivity index (χ4n) is 7.06. The van der Waals surface area contributed by atoms with Gasteiger partial charge in [-0.15, -0.1) is 0 Å². The van der Waals surface area contributed by atoms with Crippen LogP contribution in [0, 0.1) is 0 Å². The van der Waals surface area contributed by atoms with Crippen LogP contribution in [0.25, 0.3) is 65.7 Å². The first-order valence-electron chi connectivity index (χ1n) is 16.8. The summed E-state index contributed by atoms with van der Waals surface area (Å²) in [5.74, 6) is 0. The molecule has 1 nitrogen and oxygen atoms in total. The largest absolute Gasteiger partial charge is 0.310 e. The molecule has 0 aliphatic carbocycles. The van der Waals surface area contributed by atoms with Gasteiger partial charge in [0.25, 0.3) is 0 Å². The molecule has 0 radical (unpaired) electrons. The van der Waals surface area contributed by atoms with Gasteiger partial charge in [-0.3, -0.25) is 0 Å². The van der Waals surface area contributed by atoms with E-state index in [1.54, 1.807) is 0 Å². The molecule has 1 heteroatoms. The molecule has 0 aliphatic heterocycles. The zero-order valence-electron chi connectivity index (χ0n) is 27.0. The Balaban J connectivity index is 1.11. The first-order valence-corrected chi connectivity index (χ1v) is 16.8. The summed E-state index contributed by atoms with van der Waals surface area (Å²) in [4.78, 5) is 2.36. The van der Waals surface area contributed by atoms with Crippen LogP contribution < -0.4 is 4.90 Å². The quantitative estimate of drug-likeness (QED) is 0.167. The predicted octanol–water partition coefficient (Wildman–Crippen LogP) is 13.6. The van der Waals surface area contributed by atoms with Crippen LogP contribution in [0.4, 0.5) is 17.1 Å². The first-order chi connectivity index (χ1) is 24.3. The molecule has 0 unspecified atom stereocenters. The zero-order valence-corrected chi connectivity index (χ0v) is 27.0. The highest BCUT2D eigenvalue weighted by molar-refractivity contribution is 6.08. The van der Waals surface area contributed by atoms with Crippen molar-refractivity contribution in [1.82, 2.24) is 0 Å². The summed E-state index contributed by atoms with van der Waals surface area (Å²) >= 11 is 0. The summed E-state index contributed by atoms with van der Waals surface area (Å²) in [6.07, 6.45) is 0. The maximum absolute atomic E-state index is 2.36. The number of rotatable bonds is 6. The maximum atomic E-state index is 2.36. The second-order valence-electron chi connectivity index (χ2n) is 12.6. The van der Waals surface area contributed by atoms with Gasteiger partial charge in [0.05, 0.1) is 0 Å². The van der Waals surface area contributed by atoms with E-state index in [4.69, 9.17) is 0 Å². The maximum Gasteiger partial charge on any atom is 0.0467 e. The molecule has 0 atom stereocenters. The topological polar surface area (TPSA) is 3.24 Å². The Labute approximate surface area is 287 Å². The van der Waals surface area contributed by atoms with Gasteiger partial charge in [0.2, 0.25) is 0 Å². The predicted molar refractivity (Wildman–Crippen MR) is 210 cm³/mol. The van der Waals surface area contributed by atoms with Crippen molar-refractivity contribution in [3.8, 4) is 33.4 Å². The average Bonchev–Trinajstić information content (AvgIpc) is 3.18. The van der Waals surface area contributed by atoms with Crippen LogP contribution in [0.3, 0.4) is 0 Å². The van der Waals surface area contributed by atoms with E-state index in [2.05, 4.69) is 205 Å². The molecule has 9 aromatic carbocycles. The summed E-state index contributed by atoms with van der Waals surface area (Å²) in [7, 11) is 0. The molecule has 9 aromatic rings. The van der Waals surface area contributed by atoms with Crippen molar-refractivity contribution in [3.05, 3.63) is 200 Å². The van der Waals surface area contributed by atoms with Crippen molar-refractivity contribution < 1.29 is 0 Å². The highest BCUT2D eigenvalue weighted by Crippen LogP contribution is 2.39. The molecule has 0 bridgehead atoms. The summed E-state index contributed by atoms with van der Waals surface area (Å²) in [5, 5.41) is 7.61. The number of hydrogen-bond donors (Lipinski definition) is 0. The minimum absolute atomic E-state index is 1.11. The first kappa shape index (κ1) is 28.8. The molecule has 0 saturated heterocycles. The molecule has 9 rings (SSSR count). The molecule has 230 valence electrons. The van der Waals surface area contributed by atoms with Crippen molar-refractivity contribution in [2.45, 2.75) is 0 Å². The van der Waals surface area contributed by atoms with Crippen LogP contribution in [0.2, 0.25) is 0 Å². The minimum atomic E-state index is 1.11. The zero-order chi connectivity index (χ0) is 32.6. The lowest BCUT2D eigenvalue weighted by molar-refractivity contribution is 1.28. The summed E-state index contributed by atoms with van der Waals surface area (Å²) in [5.41, 5.74) is 10.6. The van der Waals surface area contributed by atoms with Crippen molar-refractivity contribution in [1.29, 1.82) is 0 Å². The second-order valence-corrected chi connectivity index (χ2v) is 12.6. The number of hydrogen-bond acceptors (Lipinski definition) is 1. The molecule has 0 aromatic heterocycles. The van der Waals surface area contributed by atoms with E-state index in [1.807, 2.05) is 0 Å². The molecule has 0 fully saturated rings. The van der Waals surface area contributed by atoms with Gasteiger partial charge in [0.1, 0.15) is 0 Å². The standard InChI is InChI=1S/C48H33N/c1-2-9-34(10-3-1)41-14-8-15-46(32-41)49(44-27-23-36(24-28-44)42-21-17-35-11-4-5-13-40(35)31-42)45-29-25-37(26-30-45)43-22-20-39-19-18-38-12-6-7-16-47(38)48(39)33-43/h1-33H. The van der Waals surface area contributed by atoms with Gasteiger partial charge in [-0.1, -0.05) is 152 Å². The van der Waals surface area contributed by atoms with E-state index in [-0.39, 0.29) is 0 Å². The molecular weight excluding hydrogens is 591 g/mol. The van der Waals surface area contributed by atoms with Crippen LogP contribution >= 0.6 is 0 Å². The van der Waals surface area contributed by atoms with Gasteiger partial charge in [0, 0.05) is 17.1 Å². The lowest BCUT2D eigenvalue weighted by atomic mass is 9.97. The lowest BCUT2D eigenvalue weighted by Crippen LogP contribution is -2.10. The Bertz CT molecular complexity index is 2580. The van der Waals surface area contributed by atoms with Crippen LogP contribution in [0.15, 0.2) is 200 Å². The normalized spacial score (nSPS) is 11.3. The Morgan fingerprint density at radius 3 is 1.41 bits per heavy atom.